The summed E-state index contributed by atoms with van der Waals surface area (Å²) in [4.78, 5) is 26.5. The van der Waals surface area contributed by atoms with Crippen molar-refractivity contribution in [1.82, 2.24) is 29.7 Å². The summed E-state index contributed by atoms with van der Waals surface area (Å²) in [5.41, 5.74) is 7.80. The van der Waals surface area contributed by atoms with E-state index in [1.807, 2.05) is 21.7 Å². The zero-order valence-electron chi connectivity index (χ0n) is 15.6. The standard InChI is InChI=1S/C19H24N8O/c20-17(21)13-3-4-14-15(12-13)25-18(24-14)19-23-7-11-27(19)8-1-2-16(28)26-9-5-22-6-10-26/h3-4,7,11-12,22H,1-2,5-6,8-10H2,(H3,20,21)(H,24,25). The minimum Gasteiger partial charge on any atom is -0.384 e. The number of nitrogens with two attached hydrogens (primary N) is 1. The van der Waals surface area contributed by atoms with Crippen LogP contribution in [-0.4, -0.2) is 62.3 Å². The lowest BCUT2D eigenvalue weighted by Crippen LogP contribution is -2.46. The van der Waals surface area contributed by atoms with Crippen LogP contribution in [0.4, 0.5) is 0 Å². The minimum atomic E-state index is 0.0158. The second-order valence-corrected chi connectivity index (χ2v) is 6.91. The number of benzene rings is 1. The van der Waals surface area contributed by atoms with Crippen LogP contribution >= 0.6 is 0 Å². The van der Waals surface area contributed by atoms with E-state index in [9.17, 15) is 4.79 Å². The molecule has 3 heterocycles. The van der Waals surface area contributed by atoms with Gasteiger partial charge in [0.25, 0.3) is 0 Å². The average molecular weight is 380 g/mol. The number of amides is 1. The number of hydrogen-bond acceptors (Lipinski definition) is 5. The monoisotopic (exact) mass is 380 g/mol. The predicted molar refractivity (Wildman–Crippen MR) is 107 cm³/mol. The van der Waals surface area contributed by atoms with Crippen LogP contribution in [0.5, 0.6) is 0 Å². The minimum absolute atomic E-state index is 0.0158. The SMILES string of the molecule is N=C(N)c1ccc2[nH]c(-c3nccn3CCCC(=O)N3CCNCC3)nc2c1. The Balaban J connectivity index is 1.44. The first-order valence-electron chi connectivity index (χ1n) is 9.46. The van der Waals surface area contributed by atoms with Crippen molar-refractivity contribution in [3.63, 3.8) is 0 Å². The van der Waals surface area contributed by atoms with Crippen molar-refractivity contribution in [3.05, 3.63) is 36.2 Å². The number of nitrogen functional groups attached to an aromatic ring is 1. The van der Waals surface area contributed by atoms with Gasteiger partial charge in [0.1, 0.15) is 5.84 Å². The number of piperazine rings is 1. The molecule has 1 amide bonds. The van der Waals surface area contributed by atoms with Gasteiger partial charge in [0, 0.05) is 57.1 Å². The molecule has 0 atom stereocenters. The molecule has 9 heteroatoms. The van der Waals surface area contributed by atoms with Crippen molar-refractivity contribution in [3.8, 4) is 11.6 Å². The highest BCUT2D eigenvalue weighted by Crippen LogP contribution is 2.20. The molecule has 28 heavy (non-hydrogen) atoms. The molecular weight excluding hydrogens is 356 g/mol. The fraction of sp³-hybridized carbons (Fsp3) is 0.368. The van der Waals surface area contributed by atoms with Crippen LogP contribution in [0.25, 0.3) is 22.7 Å². The smallest absolute Gasteiger partial charge is 0.222 e. The third-order valence-corrected chi connectivity index (χ3v) is 4.98. The van der Waals surface area contributed by atoms with E-state index >= 15 is 0 Å². The summed E-state index contributed by atoms with van der Waals surface area (Å²) >= 11 is 0. The van der Waals surface area contributed by atoms with Crippen LogP contribution in [0.3, 0.4) is 0 Å². The lowest BCUT2D eigenvalue weighted by Gasteiger charge is -2.27. The van der Waals surface area contributed by atoms with Gasteiger partial charge >= 0.3 is 0 Å². The topological polar surface area (TPSA) is 129 Å². The molecule has 1 saturated heterocycles. The molecule has 1 aromatic carbocycles. The molecule has 1 aliphatic rings. The first-order valence-corrected chi connectivity index (χ1v) is 9.46. The summed E-state index contributed by atoms with van der Waals surface area (Å²) in [6.45, 7) is 4.01. The maximum Gasteiger partial charge on any atom is 0.222 e. The average Bonchev–Trinajstić information content (AvgIpc) is 3.34. The molecule has 5 N–H and O–H groups in total. The molecule has 0 spiro atoms. The molecular formula is C19H24N8O. The van der Waals surface area contributed by atoms with Gasteiger partial charge in [-0.3, -0.25) is 10.2 Å². The summed E-state index contributed by atoms with van der Waals surface area (Å²) in [6.07, 6.45) is 4.92. The van der Waals surface area contributed by atoms with E-state index in [4.69, 9.17) is 11.1 Å². The van der Waals surface area contributed by atoms with Crippen molar-refractivity contribution >= 4 is 22.8 Å². The number of carbonyl (C=O) groups excluding carboxylic acids is 1. The molecule has 0 unspecified atom stereocenters. The summed E-state index contributed by atoms with van der Waals surface area (Å²) < 4.78 is 2.01. The van der Waals surface area contributed by atoms with Crippen LogP contribution < -0.4 is 11.1 Å². The summed E-state index contributed by atoms with van der Waals surface area (Å²) in [7, 11) is 0. The molecule has 9 nitrogen and oxygen atoms in total. The normalized spacial score (nSPS) is 14.5. The largest absolute Gasteiger partial charge is 0.384 e. The maximum absolute atomic E-state index is 12.3. The van der Waals surface area contributed by atoms with Crippen molar-refractivity contribution in [2.75, 3.05) is 26.2 Å². The number of H-pyrrole nitrogens is 1. The number of aromatic nitrogens is 4. The fourth-order valence-corrected chi connectivity index (χ4v) is 3.46. The Kier molecular flexibility index (Phi) is 5.07. The van der Waals surface area contributed by atoms with Gasteiger partial charge in [-0.05, 0) is 24.6 Å². The number of nitrogens with one attached hydrogen (secondary N) is 3. The van der Waals surface area contributed by atoms with Gasteiger partial charge < -0.3 is 25.5 Å². The number of imidazole rings is 2. The first kappa shape index (κ1) is 18.2. The summed E-state index contributed by atoms with van der Waals surface area (Å²) in [5, 5.41) is 10.8. The van der Waals surface area contributed by atoms with Crippen LogP contribution in [0.1, 0.15) is 18.4 Å². The van der Waals surface area contributed by atoms with Gasteiger partial charge in [0.05, 0.1) is 11.0 Å². The van der Waals surface area contributed by atoms with Crippen molar-refractivity contribution in [2.45, 2.75) is 19.4 Å². The van der Waals surface area contributed by atoms with Crippen molar-refractivity contribution < 1.29 is 4.79 Å². The maximum atomic E-state index is 12.3. The van der Waals surface area contributed by atoms with E-state index in [0.29, 0.717) is 24.4 Å². The Bertz CT molecular complexity index is 998. The highest BCUT2D eigenvalue weighted by molar-refractivity contribution is 5.98. The van der Waals surface area contributed by atoms with E-state index in [2.05, 4.69) is 20.3 Å². The molecule has 0 saturated carbocycles. The van der Waals surface area contributed by atoms with E-state index in [1.165, 1.54) is 0 Å². The molecule has 1 fully saturated rings. The Morgan fingerprint density at radius 2 is 2.11 bits per heavy atom. The Morgan fingerprint density at radius 3 is 2.89 bits per heavy atom. The number of fused-ring (bicyclic) bond motifs is 1. The molecule has 146 valence electrons. The number of aryl methyl sites for hydroxylation is 1. The predicted octanol–water partition coefficient (Wildman–Crippen LogP) is 0.922. The van der Waals surface area contributed by atoms with E-state index in [-0.39, 0.29) is 11.7 Å². The van der Waals surface area contributed by atoms with Crippen molar-refractivity contribution in [1.29, 1.82) is 5.41 Å². The van der Waals surface area contributed by atoms with Gasteiger partial charge in [-0.1, -0.05) is 0 Å². The van der Waals surface area contributed by atoms with E-state index < -0.39 is 0 Å². The van der Waals surface area contributed by atoms with Gasteiger partial charge in [-0.2, -0.15) is 0 Å². The quantitative estimate of drug-likeness (QED) is 0.373. The Hall–Kier alpha value is -3.20. The van der Waals surface area contributed by atoms with Crippen LogP contribution in [0.15, 0.2) is 30.6 Å². The van der Waals surface area contributed by atoms with E-state index in [1.54, 1.807) is 18.3 Å². The number of rotatable bonds is 6. The third kappa shape index (κ3) is 3.74. The van der Waals surface area contributed by atoms with Gasteiger partial charge in [-0.25, -0.2) is 9.97 Å². The van der Waals surface area contributed by atoms with Gasteiger partial charge in [0.2, 0.25) is 5.91 Å². The molecule has 3 aromatic rings. The molecule has 0 aliphatic carbocycles. The van der Waals surface area contributed by atoms with Crippen molar-refractivity contribution in [2.24, 2.45) is 5.73 Å². The molecule has 0 radical (unpaired) electrons. The lowest BCUT2D eigenvalue weighted by atomic mass is 10.2. The van der Waals surface area contributed by atoms with E-state index in [0.717, 1.165) is 49.5 Å². The van der Waals surface area contributed by atoms with Gasteiger partial charge in [-0.15, -0.1) is 0 Å². The highest BCUT2D eigenvalue weighted by Gasteiger charge is 2.16. The molecule has 1 aliphatic heterocycles. The number of nitrogens with zero attached hydrogens (tertiary/aromatic N) is 4. The molecule has 0 bridgehead atoms. The number of carbonyl (C=O) groups is 1. The fourth-order valence-electron chi connectivity index (χ4n) is 3.46. The zero-order valence-corrected chi connectivity index (χ0v) is 15.6. The molecule has 2 aromatic heterocycles. The first-order chi connectivity index (χ1) is 13.6. The zero-order chi connectivity index (χ0) is 19.5. The van der Waals surface area contributed by atoms with Crippen LogP contribution in [0.2, 0.25) is 0 Å². The number of amidine groups is 1. The van der Waals surface area contributed by atoms with Crippen LogP contribution in [-0.2, 0) is 11.3 Å². The third-order valence-electron chi connectivity index (χ3n) is 4.98. The summed E-state index contributed by atoms with van der Waals surface area (Å²) in [5.74, 6) is 1.62. The van der Waals surface area contributed by atoms with Gasteiger partial charge in [0.15, 0.2) is 11.6 Å². The Labute approximate surface area is 162 Å². The second kappa shape index (κ2) is 7.81. The van der Waals surface area contributed by atoms with Crippen LogP contribution in [0, 0.1) is 5.41 Å². The second-order valence-electron chi connectivity index (χ2n) is 6.91. The number of aromatic amines is 1. The Morgan fingerprint density at radius 1 is 1.29 bits per heavy atom. The summed E-state index contributed by atoms with van der Waals surface area (Å²) in [6, 6.07) is 5.44. The molecule has 4 rings (SSSR count). The number of hydrogen-bond donors (Lipinski definition) is 4. The highest BCUT2D eigenvalue weighted by atomic mass is 16.2. The lowest BCUT2D eigenvalue weighted by molar-refractivity contribution is -0.131.